The lowest BCUT2D eigenvalue weighted by Gasteiger charge is -2.04. The van der Waals surface area contributed by atoms with Crippen LogP contribution >= 0.6 is 0 Å². The van der Waals surface area contributed by atoms with Gasteiger partial charge in [0.1, 0.15) is 0 Å². The first-order valence-electron chi connectivity index (χ1n) is 4.23. The molecule has 0 aliphatic heterocycles. The number of fused-ring (bicyclic) bond motifs is 3. The molecule has 0 saturated heterocycles. The summed E-state index contributed by atoms with van der Waals surface area (Å²) in [5.74, 6) is 4.60. The van der Waals surface area contributed by atoms with Crippen molar-refractivity contribution in [2.75, 3.05) is 0 Å². The molecule has 5 unspecified atom stereocenters. The van der Waals surface area contributed by atoms with Crippen molar-refractivity contribution in [1.82, 2.24) is 0 Å². The molecule has 0 heterocycles. The van der Waals surface area contributed by atoms with E-state index in [2.05, 4.69) is 13.8 Å². The van der Waals surface area contributed by atoms with E-state index in [1.165, 1.54) is 11.8 Å². The zero-order valence-electron chi connectivity index (χ0n) is 6.22. The fraction of sp³-hybridized carbons (Fsp3) is 1.00. The highest BCUT2D eigenvalue weighted by atomic mass is 14.8. The van der Waals surface area contributed by atoms with Crippen LogP contribution in [0.4, 0.5) is 0 Å². The standard InChI is InChI=1S/C9H14/c1-5-6-3-7(6)9(2)4-8(5)9/h5-8H,3-4H2,1-2H3. The van der Waals surface area contributed by atoms with Gasteiger partial charge in [-0.1, -0.05) is 13.8 Å². The zero-order valence-corrected chi connectivity index (χ0v) is 6.22. The zero-order chi connectivity index (χ0) is 6.22. The Morgan fingerprint density at radius 1 is 1.33 bits per heavy atom. The molecular formula is C9H14. The molecule has 0 amide bonds. The molecule has 0 spiro atoms. The molecule has 9 heavy (non-hydrogen) atoms. The summed E-state index contributed by atoms with van der Waals surface area (Å²) in [6, 6.07) is 0. The Kier molecular flexibility index (Phi) is 0.518. The Labute approximate surface area is 56.6 Å². The van der Waals surface area contributed by atoms with Crippen molar-refractivity contribution in [2.45, 2.75) is 26.7 Å². The van der Waals surface area contributed by atoms with Crippen molar-refractivity contribution in [2.24, 2.45) is 29.1 Å². The lowest BCUT2D eigenvalue weighted by atomic mass is 10.0. The molecule has 0 radical (unpaired) electrons. The van der Waals surface area contributed by atoms with Gasteiger partial charge in [-0.25, -0.2) is 0 Å². The normalized spacial score (nSPS) is 75.3. The molecule has 0 aromatic rings. The molecule has 3 saturated carbocycles. The largest absolute Gasteiger partial charge is 0.0619 e. The fourth-order valence-corrected chi connectivity index (χ4v) is 3.48. The number of hydrogen-bond donors (Lipinski definition) is 0. The van der Waals surface area contributed by atoms with Gasteiger partial charge in [-0.05, 0) is 41.9 Å². The van der Waals surface area contributed by atoms with Crippen LogP contribution in [0.3, 0.4) is 0 Å². The average molecular weight is 122 g/mol. The first kappa shape index (κ1) is 4.76. The van der Waals surface area contributed by atoms with Crippen LogP contribution in [0.15, 0.2) is 0 Å². The van der Waals surface area contributed by atoms with Crippen LogP contribution in [0.1, 0.15) is 26.7 Å². The highest BCUT2D eigenvalue weighted by Gasteiger charge is 2.72. The second kappa shape index (κ2) is 0.980. The van der Waals surface area contributed by atoms with E-state index in [4.69, 9.17) is 0 Å². The predicted octanol–water partition coefficient (Wildman–Crippen LogP) is 2.30. The van der Waals surface area contributed by atoms with E-state index in [1.807, 2.05) is 0 Å². The van der Waals surface area contributed by atoms with E-state index in [0.29, 0.717) is 0 Å². The van der Waals surface area contributed by atoms with Crippen LogP contribution in [0.2, 0.25) is 0 Å². The highest BCUT2D eigenvalue weighted by Crippen LogP contribution is 2.79. The Hall–Kier alpha value is 0. The van der Waals surface area contributed by atoms with Crippen molar-refractivity contribution in [1.29, 1.82) is 0 Å². The minimum atomic E-state index is 0.865. The Bertz CT molecular complexity index is 167. The summed E-state index contributed by atoms with van der Waals surface area (Å²) >= 11 is 0. The predicted molar refractivity (Wildman–Crippen MR) is 37.0 cm³/mol. The molecule has 50 valence electrons. The van der Waals surface area contributed by atoms with Gasteiger partial charge in [-0.2, -0.15) is 0 Å². The molecule has 3 rings (SSSR count). The van der Waals surface area contributed by atoms with E-state index >= 15 is 0 Å². The van der Waals surface area contributed by atoms with Gasteiger partial charge in [0.15, 0.2) is 0 Å². The van der Waals surface area contributed by atoms with Crippen molar-refractivity contribution in [3.63, 3.8) is 0 Å². The van der Waals surface area contributed by atoms with Crippen LogP contribution in [-0.2, 0) is 0 Å². The summed E-state index contributed by atoms with van der Waals surface area (Å²) in [6.07, 6.45) is 3.14. The van der Waals surface area contributed by atoms with Gasteiger partial charge in [0.25, 0.3) is 0 Å². The van der Waals surface area contributed by atoms with Crippen LogP contribution in [0.25, 0.3) is 0 Å². The molecule has 0 N–H and O–H groups in total. The quantitative estimate of drug-likeness (QED) is 0.462. The Balaban J connectivity index is 2.02. The van der Waals surface area contributed by atoms with Crippen molar-refractivity contribution >= 4 is 0 Å². The maximum atomic E-state index is 2.51. The van der Waals surface area contributed by atoms with Crippen LogP contribution in [-0.4, -0.2) is 0 Å². The summed E-state index contributed by atoms with van der Waals surface area (Å²) < 4.78 is 0. The molecule has 5 atom stereocenters. The monoisotopic (exact) mass is 122 g/mol. The molecule has 0 aromatic carbocycles. The summed E-state index contributed by atoms with van der Waals surface area (Å²) in [6.45, 7) is 4.97. The van der Waals surface area contributed by atoms with Crippen LogP contribution in [0, 0.1) is 29.1 Å². The fourth-order valence-electron chi connectivity index (χ4n) is 3.48. The Morgan fingerprint density at radius 2 is 2.11 bits per heavy atom. The lowest BCUT2D eigenvalue weighted by Crippen LogP contribution is -1.97. The smallest absolute Gasteiger partial charge is 0.0261 e. The molecular weight excluding hydrogens is 108 g/mol. The van der Waals surface area contributed by atoms with Gasteiger partial charge >= 0.3 is 0 Å². The van der Waals surface area contributed by atoms with Crippen LogP contribution < -0.4 is 0 Å². The first-order chi connectivity index (χ1) is 4.23. The summed E-state index contributed by atoms with van der Waals surface area (Å²) in [5.41, 5.74) is 0.865. The van der Waals surface area contributed by atoms with Crippen molar-refractivity contribution in [3.05, 3.63) is 0 Å². The van der Waals surface area contributed by atoms with Gasteiger partial charge in [0, 0.05) is 0 Å². The molecule has 3 fully saturated rings. The minimum Gasteiger partial charge on any atom is -0.0619 e. The van der Waals surface area contributed by atoms with Crippen molar-refractivity contribution < 1.29 is 0 Å². The molecule has 3 aliphatic rings. The summed E-state index contributed by atoms with van der Waals surface area (Å²) in [4.78, 5) is 0. The van der Waals surface area contributed by atoms with Gasteiger partial charge in [-0.15, -0.1) is 0 Å². The summed E-state index contributed by atoms with van der Waals surface area (Å²) in [7, 11) is 0. The molecule has 0 nitrogen and oxygen atoms in total. The molecule has 3 aliphatic carbocycles. The number of hydrogen-bond acceptors (Lipinski definition) is 0. The average Bonchev–Trinajstić information content (AvgIpc) is 2.53. The van der Waals surface area contributed by atoms with Gasteiger partial charge in [0.05, 0.1) is 0 Å². The SMILES string of the molecule is CC1C2CC2C2(C)CC12. The maximum absolute atomic E-state index is 2.51. The van der Waals surface area contributed by atoms with E-state index < -0.39 is 0 Å². The van der Waals surface area contributed by atoms with Crippen LogP contribution in [0.5, 0.6) is 0 Å². The topological polar surface area (TPSA) is 0 Å². The molecule has 0 aromatic heterocycles. The van der Waals surface area contributed by atoms with E-state index in [0.717, 1.165) is 17.3 Å². The minimum absolute atomic E-state index is 0.865. The van der Waals surface area contributed by atoms with Gasteiger partial charge in [0.2, 0.25) is 0 Å². The van der Waals surface area contributed by atoms with E-state index in [9.17, 15) is 0 Å². The van der Waals surface area contributed by atoms with Gasteiger partial charge < -0.3 is 0 Å². The second-order valence-electron chi connectivity index (χ2n) is 4.68. The maximum Gasteiger partial charge on any atom is -0.0261 e. The molecule has 0 bridgehead atoms. The number of rotatable bonds is 0. The van der Waals surface area contributed by atoms with Gasteiger partial charge in [-0.3, -0.25) is 0 Å². The molecule has 0 heteroatoms. The first-order valence-corrected chi connectivity index (χ1v) is 4.23. The third-order valence-corrected chi connectivity index (χ3v) is 4.34. The van der Waals surface area contributed by atoms with E-state index in [-0.39, 0.29) is 0 Å². The Morgan fingerprint density at radius 3 is 2.44 bits per heavy atom. The van der Waals surface area contributed by atoms with Crippen molar-refractivity contribution in [3.8, 4) is 0 Å². The summed E-state index contributed by atoms with van der Waals surface area (Å²) in [5, 5.41) is 0. The van der Waals surface area contributed by atoms with E-state index in [1.54, 1.807) is 12.8 Å². The lowest BCUT2D eigenvalue weighted by molar-refractivity contribution is 0.446. The highest BCUT2D eigenvalue weighted by molar-refractivity contribution is 5.21. The second-order valence-corrected chi connectivity index (χ2v) is 4.68. The third kappa shape index (κ3) is 0.342. The third-order valence-electron chi connectivity index (χ3n) is 4.34.